The summed E-state index contributed by atoms with van der Waals surface area (Å²) in [4.78, 5) is 17.8. The van der Waals surface area contributed by atoms with Gasteiger partial charge in [0.15, 0.2) is 5.82 Å². The van der Waals surface area contributed by atoms with Gasteiger partial charge in [0, 0.05) is 5.56 Å². The molecule has 0 aliphatic heterocycles. The van der Waals surface area contributed by atoms with Crippen molar-refractivity contribution in [1.82, 2.24) is 9.66 Å². The third kappa shape index (κ3) is 3.73. The van der Waals surface area contributed by atoms with Crippen LogP contribution in [0.15, 0.2) is 82.7 Å². The standard InChI is InChI=1S/C23H19N3O3/c1-28-18-11-7-16(8-12-18)15-24-26-22(17-9-13-19(29-2)14-10-17)25-21-6-4-3-5-20(21)23(26)27/h3-15H,1-2H3/b24-15-. The van der Waals surface area contributed by atoms with Gasteiger partial charge < -0.3 is 9.47 Å². The van der Waals surface area contributed by atoms with Gasteiger partial charge in [-0.25, -0.2) is 4.98 Å². The largest absolute Gasteiger partial charge is 0.497 e. The van der Waals surface area contributed by atoms with Gasteiger partial charge >= 0.3 is 0 Å². The van der Waals surface area contributed by atoms with E-state index in [9.17, 15) is 4.79 Å². The first-order valence-corrected chi connectivity index (χ1v) is 9.04. The van der Waals surface area contributed by atoms with Crippen molar-refractivity contribution in [2.75, 3.05) is 14.2 Å². The highest BCUT2D eigenvalue weighted by atomic mass is 16.5. The van der Waals surface area contributed by atoms with Crippen molar-refractivity contribution in [2.24, 2.45) is 5.10 Å². The summed E-state index contributed by atoms with van der Waals surface area (Å²) in [5.74, 6) is 1.94. The van der Waals surface area contributed by atoms with Crippen molar-refractivity contribution in [3.8, 4) is 22.9 Å². The normalized spacial score (nSPS) is 11.1. The van der Waals surface area contributed by atoms with E-state index in [1.54, 1.807) is 26.5 Å². The lowest BCUT2D eigenvalue weighted by Gasteiger charge is -2.10. The molecule has 6 nitrogen and oxygen atoms in total. The number of fused-ring (bicyclic) bond motifs is 1. The fourth-order valence-electron chi connectivity index (χ4n) is 2.97. The lowest BCUT2D eigenvalue weighted by Crippen LogP contribution is -2.20. The second-order valence-corrected chi connectivity index (χ2v) is 6.32. The van der Waals surface area contributed by atoms with Gasteiger partial charge in [-0.15, -0.1) is 0 Å². The number of methoxy groups -OCH3 is 2. The van der Waals surface area contributed by atoms with E-state index in [2.05, 4.69) is 10.1 Å². The number of hydrogen-bond acceptors (Lipinski definition) is 5. The summed E-state index contributed by atoms with van der Waals surface area (Å²) >= 11 is 0. The molecule has 1 heterocycles. The third-order valence-electron chi connectivity index (χ3n) is 4.54. The molecule has 0 saturated carbocycles. The van der Waals surface area contributed by atoms with E-state index < -0.39 is 0 Å². The number of nitrogens with zero attached hydrogens (tertiary/aromatic N) is 3. The molecular formula is C23H19N3O3. The van der Waals surface area contributed by atoms with Crippen LogP contribution >= 0.6 is 0 Å². The van der Waals surface area contributed by atoms with Crippen molar-refractivity contribution in [3.05, 3.63) is 88.7 Å². The maximum Gasteiger partial charge on any atom is 0.282 e. The minimum atomic E-state index is -0.230. The molecule has 0 radical (unpaired) electrons. The maximum absolute atomic E-state index is 13.1. The Hall–Kier alpha value is -3.93. The van der Waals surface area contributed by atoms with Gasteiger partial charge in [0.05, 0.1) is 31.3 Å². The first kappa shape index (κ1) is 18.4. The molecule has 0 aliphatic rings. The number of hydrogen-bond donors (Lipinski definition) is 0. The van der Waals surface area contributed by atoms with Crippen LogP contribution in [0.1, 0.15) is 5.56 Å². The van der Waals surface area contributed by atoms with Gasteiger partial charge in [0.25, 0.3) is 5.56 Å². The predicted molar refractivity (Wildman–Crippen MR) is 114 cm³/mol. The molecule has 0 bridgehead atoms. The minimum Gasteiger partial charge on any atom is -0.497 e. The van der Waals surface area contributed by atoms with Crippen LogP contribution in [0.5, 0.6) is 11.5 Å². The van der Waals surface area contributed by atoms with Gasteiger partial charge in [0.2, 0.25) is 0 Å². The van der Waals surface area contributed by atoms with Crippen LogP contribution in [0.4, 0.5) is 0 Å². The van der Waals surface area contributed by atoms with Crippen LogP contribution in [-0.2, 0) is 0 Å². The molecule has 0 fully saturated rings. The molecule has 0 saturated heterocycles. The van der Waals surface area contributed by atoms with Crippen molar-refractivity contribution >= 4 is 17.1 Å². The van der Waals surface area contributed by atoms with Crippen LogP contribution in [0.25, 0.3) is 22.3 Å². The predicted octanol–water partition coefficient (Wildman–Crippen LogP) is 3.96. The van der Waals surface area contributed by atoms with E-state index in [4.69, 9.17) is 9.47 Å². The summed E-state index contributed by atoms with van der Waals surface area (Å²) in [6, 6.07) is 22.0. The highest BCUT2D eigenvalue weighted by Crippen LogP contribution is 2.22. The number of rotatable bonds is 5. The zero-order chi connectivity index (χ0) is 20.2. The topological polar surface area (TPSA) is 65.7 Å². The van der Waals surface area contributed by atoms with E-state index in [1.165, 1.54) is 4.68 Å². The number of aromatic nitrogens is 2. The fourth-order valence-corrected chi connectivity index (χ4v) is 2.97. The lowest BCUT2D eigenvalue weighted by molar-refractivity contribution is 0.414. The van der Waals surface area contributed by atoms with Gasteiger partial charge in [-0.3, -0.25) is 4.79 Å². The molecule has 6 heteroatoms. The van der Waals surface area contributed by atoms with Crippen molar-refractivity contribution in [1.29, 1.82) is 0 Å². The Kier molecular flexibility index (Phi) is 5.07. The van der Waals surface area contributed by atoms with Crippen LogP contribution in [0.2, 0.25) is 0 Å². The highest BCUT2D eigenvalue weighted by Gasteiger charge is 2.12. The zero-order valence-electron chi connectivity index (χ0n) is 16.1. The fraction of sp³-hybridized carbons (Fsp3) is 0.0870. The maximum atomic E-state index is 13.1. The van der Waals surface area contributed by atoms with Crippen LogP contribution in [0.3, 0.4) is 0 Å². The van der Waals surface area contributed by atoms with Gasteiger partial charge in [0.1, 0.15) is 11.5 Å². The van der Waals surface area contributed by atoms with Gasteiger partial charge in [-0.05, 0) is 66.2 Å². The van der Waals surface area contributed by atoms with Crippen molar-refractivity contribution < 1.29 is 9.47 Å². The van der Waals surface area contributed by atoms with E-state index in [-0.39, 0.29) is 5.56 Å². The summed E-state index contributed by atoms with van der Waals surface area (Å²) < 4.78 is 11.7. The third-order valence-corrected chi connectivity index (χ3v) is 4.54. The molecule has 0 amide bonds. The van der Waals surface area contributed by atoms with Crippen molar-refractivity contribution in [3.63, 3.8) is 0 Å². The van der Waals surface area contributed by atoms with Crippen molar-refractivity contribution in [2.45, 2.75) is 0 Å². The summed E-state index contributed by atoms with van der Waals surface area (Å²) in [6.45, 7) is 0. The second-order valence-electron chi connectivity index (χ2n) is 6.32. The van der Waals surface area contributed by atoms with Gasteiger partial charge in [-0.2, -0.15) is 9.78 Å². The molecule has 0 unspecified atom stereocenters. The number of benzene rings is 3. The van der Waals surface area contributed by atoms with E-state index in [0.29, 0.717) is 16.7 Å². The Morgan fingerprint density at radius 3 is 2.14 bits per heavy atom. The molecule has 0 N–H and O–H groups in total. The molecule has 0 atom stereocenters. The van der Waals surface area contributed by atoms with Crippen LogP contribution in [-0.4, -0.2) is 30.1 Å². The van der Waals surface area contributed by atoms with Crippen LogP contribution < -0.4 is 15.0 Å². The van der Waals surface area contributed by atoms with E-state index in [1.807, 2.05) is 66.7 Å². The van der Waals surface area contributed by atoms with Crippen LogP contribution in [0, 0.1) is 0 Å². The summed E-state index contributed by atoms with van der Waals surface area (Å²) in [5.41, 5.74) is 2.00. The lowest BCUT2D eigenvalue weighted by atomic mass is 10.2. The molecule has 4 aromatic rings. The molecule has 3 aromatic carbocycles. The first-order valence-electron chi connectivity index (χ1n) is 9.04. The van der Waals surface area contributed by atoms with E-state index >= 15 is 0 Å². The molecule has 1 aromatic heterocycles. The summed E-state index contributed by atoms with van der Waals surface area (Å²) in [5, 5.41) is 4.96. The molecule has 0 spiro atoms. The Morgan fingerprint density at radius 2 is 1.48 bits per heavy atom. The monoisotopic (exact) mass is 385 g/mol. The Bertz CT molecular complexity index is 1230. The molecule has 144 valence electrons. The summed E-state index contributed by atoms with van der Waals surface area (Å²) in [7, 11) is 3.23. The molecule has 4 rings (SSSR count). The zero-order valence-corrected chi connectivity index (χ0v) is 16.1. The average molecular weight is 385 g/mol. The Balaban J connectivity index is 1.86. The quantitative estimate of drug-likeness (QED) is 0.488. The molecule has 29 heavy (non-hydrogen) atoms. The smallest absolute Gasteiger partial charge is 0.282 e. The number of para-hydroxylation sites is 1. The molecular weight excluding hydrogens is 366 g/mol. The average Bonchev–Trinajstić information content (AvgIpc) is 2.79. The minimum absolute atomic E-state index is 0.230. The number of ether oxygens (including phenoxy) is 2. The Morgan fingerprint density at radius 1 is 0.862 bits per heavy atom. The second kappa shape index (κ2) is 7.98. The van der Waals surface area contributed by atoms with E-state index in [0.717, 1.165) is 22.6 Å². The first-order chi connectivity index (χ1) is 14.2. The summed E-state index contributed by atoms with van der Waals surface area (Å²) in [6.07, 6.45) is 1.63. The SMILES string of the molecule is COc1ccc(/C=N\n2c(-c3ccc(OC)cc3)nc3ccccc3c2=O)cc1. The highest BCUT2D eigenvalue weighted by molar-refractivity contribution is 5.82. The Labute approximate surface area is 167 Å². The molecule has 0 aliphatic carbocycles. The van der Waals surface area contributed by atoms with Gasteiger partial charge in [-0.1, -0.05) is 12.1 Å².